The summed E-state index contributed by atoms with van der Waals surface area (Å²) in [6, 6.07) is 3.30. The first-order valence-corrected chi connectivity index (χ1v) is 7.13. The van der Waals surface area contributed by atoms with Crippen LogP contribution in [-0.2, 0) is 0 Å². The molecule has 0 aliphatic heterocycles. The zero-order chi connectivity index (χ0) is 15.6. The van der Waals surface area contributed by atoms with Crippen molar-refractivity contribution in [3.8, 4) is 0 Å². The van der Waals surface area contributed by atoms with Crippen molar-refractivity contribution < 1.29 is 14.1 Å². The minimum atomic E-state index is -0.988. The van der Waals surface area contributed by atoms with Crippen LogP contribution in [0.2, 0.25) is 0 Å². The van der Waals surface area contributed by atoms with E-state index in [1.54, 1.807) is 0 Å². The van der Waals surface area contributed by atoms with Crippen LogP contribution in [0.1, 0.15) is 43.5 Å². The number of hydrogen-bond acceptors (Lipinski definition) is 3. The van der Waals surface area contributed by atoms with E-state index in [2.05, 4.69) is 19.2 Å². The second kappa shape index (κ2) is 6.20. The summed E-state index contributed by atoms with van der Waals surface area (Å²) < 4.78 is 13.5. The molecule has 0 radical (unpaired) electrons. The molecule has 0 heterocycles. The van der Waals surface area contributed by atoms with Gasteiger partial charge in [0.2, 0.25) is 5.82 Å². The van der Waals surface area contributed by atoms with Crippen LogP contribution in [0.15, 0.2) is 18.2 Å². The smallest absolute Gasteiger partial charge is 0.304 e. The Morgan fingerprint density at radius 3 is 2.67 bits per heavy atom. The lowest BCUT2D eigenvalue weighted by Gasteiger charge is -2.33. The molecule has 1 aromatic rings. The SMILES string of the molecule is CC1CCC(NC(=O)c2ccc([N+](=O)[O-])c(F)c2)C(C)C1. The van der Waals surface area contributed by atoms with E-state index in [4.69, 9.17) is 0 Å². The van der Waals surface area contributed by atoms with Crippen LogP contribution in [0.5, 0.6) is 0 Å². The summed E-state index contributed by atoms with van der Waals surface area (Å²) in [7, 11) is 0. The fourth-order valence-corrected chi connectivity index (χ4v) is 2.93. The van der Waals surface area contributed by atoms with Crippen molar-refractivity contribution in [3.05, 3.63) is 39.7 Å². The highest BCUT2D eigenvalue weighted by molar-refractivity contribution is 5.94. The molecule has 1 aliphatic rings. The second-order valence-electron chi connectivity index (χ2n) is 5.90. The van der Waals surface area contributed by atoms with Gasteiger partial charge in [-0.05, 0) is 43.2 Å². The maximum absolute atomic E-state index is 13.5. The van der Waals surface area contributed by atoms with E-state index >= 15 is 0 Å². The molecule has 1 saturated carbocycles. The molecule has 2 rings (SSSR count). The molecule has 3 atom stereocenters. The van der Waals surface area contributed by atoms with E-state index in [-0.39, 0.29) is 17.5 Å². The van der Waals surface area contributed by atoms with Gasteiger partial charge in [0, 0.05) is 17.7 Å². The van der Waals surface area contributed by atoms with Crippen LogP contribution in [0.4, 0.5) is 10.1 Å². The third-order valence-corrected chi connectivity index (χ3v) is 4.15. The van der Waals surface area contributed by atoms with Crippen LogP contribution in [0.25, 0.3) is 0 Å². The van der Waals surface area contributed by atoms with Gasteiger partial charge in [0.05, 0.1) is 4.92 Å². The van der Waals surface area contributed by atoms with Crippen LogP contribution < -0.4 is 5.32 Å². The van der Waals surface area contributed by atoms with Gasteiger partial charge in [0.25, 0.3) is 5.91 Å². The Kier molecular flexibility index (Phi) is 4.55. The van der Waals surface area contributed by atoms with Gasteiger partial charge in [0.1, 0.15) is 0 Å². The number of nitro benzene ring substituents is 1. The summed E-state index contributed by atoms with van der Waals surface area (Å²) in [5.41, 5.74) is -0.504. The van der Waals surface area contributed by atoms with Gasteiger partial charge in [-0.25, -0.2) is 0 Å². The predicted octanol–water partition coefficient (Wildman–Crippen LogP) is 3.29. The van der Waals surface area contributed by atoms with Gasteiger partial charge in [-0.3, -0.25) is 14.9 Å². The van der Waals surface area contributed by atoms with E-state index in [1.807, 2.05) is 0 Å². The van der Waals surface area contributed by atoms with Gasteiger partial charge in [0.15, 0.2) is 0 Å². The topological polar surface area (TPSA) is 72.2 Å². The number of amides is 1. The van der Waals surface area contributed by atoms with Crippen molar-refractivity contribution in [2.45, 2.75) is 39.2 Å². The Morgan fingerprint density at radius 2 is 2.10 bits per heavy atom. The third kappa shape index (κ3) is 3.56. The molecule has 0 bridgehead atoms. The van der Waals surface area contributed by atoms with Crippen molar-refractivity contribution in [3.63, 3.8) is 0 Å². The lowest BCUT2D eigenvalue weighted by Crippen LogP contribution is -2.42. The van der Waals surface area contributed by atoms with Crippen LogP contribution in [-0.4, -0.2) is 16.9 Å². The highest BCUT2D eigenvalue weighted by atomic mass is 19.1. The fourth-order valence-electron chi connectivity index (χ4n) is 2.93. The quantitative estimate of drug-likeness (QED) is 0.686. The standard InChI is InChI=1S/C15H19FN2O3/c1-9-3-5-13(10(2)7-9)17-15(19)11-4-6-14(18(20)21)12(16)8-11/h4,6,8-10,13H,3,5,7H2,1-2H3,(H,17,19). The van der Waals surface area contributed by atoms with Gasteiger partial charge >= 0.3 is 5.69 Å². The highest BCUT2D eigenvalue weighted by Crippen LogP contribution is 2.29. The normalized spacial score (nSPS) is 25.4. The molecule has 1 amide bonds. The summed E-state index contributed by atoms with van der Waals surface area (Å²) >= 11 is 0. The van der Waals surface area contributed by atoms with Crippen molar-refractivity contribution in [2.24, 2.45) is 11.8 Å². The number of nitro groups is 1. The Morgan fingerprint density at radius 1 is 1.38 bits per heavy atom. The maximum Gasteiger partial charge on any atom is 0.304 e. The van der Waals surface area contributed by atoms with E-state index in [0.717, 1.165) is 31.4 Å². The van der Waals surface area contributed by atoms with Crippen molar-refractivity contribution >= 4 is 11.6 Å². The highest BCUT2D eigenvalue weighted by Gasteiger charge is 2.27. The van der Waals surface area contributed by atoms with Gasteiger partial charge in [-0.15, -0.1) is 0 Å². The molecule has 1 fully saturated rings. The summed E-state index contributed by atoms with van der Waals surface area (Å²) in [6.07, 6.45) is 3.02. The number of nitrogens with zero attached hydrogens (tertiary/aromatic N) is 1. The van der Waals surface area contributed by atoms with Crippen LogP contribution in [0, 0.1) is 27.8 Å². The molecule has 1 N–H and O–H groups in total. The molecule has 0 aromatic heterocycles. The second-order valence-corrected chi connectivity index (χ2v) is 5.90. The average molecular weight is 294 g/mol. The molecule has 0 spiro atoms. The number of carbonyl (C=O) groups is 1. The summed E-state index contributed by atoms with van der Waals surface area (Å²) in [4.78, 5) is 21.9. The fraction of sp³-hybridized carbons (Fsp3) is 0.533. The van der Waals surface area contributed by atoms with Crippen molar-refractivity contribution in [1.82, 2.24) is 5.32 Å². The van der Waals surface area contributed by atoms with Crippen molar-refractivity contribution in [1.29, 1.82) is 0 Å². The predicted molar refractivity (Wildman–Crippen MR) is 76.5 cm³/mol. The van der Waals surface area contributed by atoms with Gasteiger partial charge < -0.3 is 5.32 Å². The Labute approximate surface area is 122 Å². The number of hydrogen-bond donors (Lipinski definition) is 1. The molecule has 0 saturated heterocycles. The molecule has 5 nitrogen and oxygen atoms in total. The molecule has 3 unspecified atom stereocenters. The zero-order valence-corrected chi connectivity index (χ0v) is 12.1. The lowest BCUT2D eigenvalue weighted by molar-refractivity contribution is -0.387. The Hall–Kier alpha value is -1.98. The van der Waals surface area contributed by atoms with Crippen LogP contribution in [0.3, 0.4) is 0 Å². The molecule has 1 aliphatic carbocycles. The van der Waals surface area contributed by atoms with Crippen molar-refractivity contribution in [2.75, 3.05) is 0 Å². The molecular formula is C15H19FN2O3. The van der Waals surface area contributed by atoms with E-state index in [0.29, 0.717) is 11.8 Å². The minimum Gasteiger partial charge on any atom is -0.349 e. The average Bonchev–Trinajstić information content (AvgIpc) is 2.41. The molecule has 21 heavy (non-hydrogen) atoms. The first-order chi connectivity index (χ1) is 9.88. The Bertz CT molecular complexity index is 562. The number of benzene rings is 1. The Balaban J connectivity index is 2.07. The number of halogens is 1. The maximum atomic E-state index is 13.5. The summed E-state index contributed by atoms with van der Waals surface area (Å²) in [5, 5.41) is 13.5. The number of rotatable bonds is 3. The molecule has 1 aromatic carbocycles. The monoisotopic (exact) mass is 294 g/mol. The number of nitrogens with one attached hydrogen (secondary N) is 1. The summed E-state index contributed by atoms with van der Waals surface area (Å²) in [6.45, 7) is 4.29. The largest absolute Gasteiger partial charge is 0.349 e. The van der Waals surface area contributed by atoms with E-state index < -0.39 is 16.4 Å². The van der Waals surface area contributed by atoms with Gasteiger partial charge in [-0.1, -0.05) is 13.8 Å². The molecule has 6 heteroatoms. The van der Waals surface area contributed by atoms with E-state index in [9.17, 15) is 19.3 Å². The van der Waals surface area contributed by atoms with Crippen LogP contribution >= 0.6 is 0 Å². The summed E-state index contributed by atoms with van der Waals surface area (Å²) in [5.74, 6) is -0.335. The first kappa shape index (κ1) is 15.4. The van der Waals surface area contributed by atoms with Gasteiger partial charge in [-0.2, -0.15) is 4.39 Å². The first-order valence-electron chi connectivity index (χ1n) is 7.13. The molecule has 114 valence electrons. The third-order valence-electron chi connectivity index (χ3n) is 4.15. The number of carbonyl (C=O) groups excluding carboxylic acids is 1. The minimum absolute atomic E-state index is 0.0759. The molecular weight excluding hydrogens is 275 g/mol. The zero-order valence-electron chi connectivity index (χ0n) is 12.1. The lowest BCUT2D eigenvalue weighted by atomic mass is 9.80. The van der Waals surface area contributed by atoms with E-state index in [1.165, 1.54) is 6.07 Å².